The van der Waals surface area contributed by atoms with Gasteiger partial charge in [0.2, 0.25) is 0 Å². The molecule has 1 saturated heterocycles. The molecular weight excluding hydrogens is 369 g/mol. The quantitative estimate of drug-likeness (QED) is 0.519. The SMILES string of the molecule is CCc1nn(C2CCOCC2)c2nc(-c3ccnn3-c3cccc(F)c3)ccc12. The molecule has 0 amide bonds. The van der Waals surface area contributed by atoms with Crippen molar-refractivity contribution in [3.05, 3.63) is 60.2 Å². The summed E-state index contributed by atoms with van der Waals surface area (Å²) < 4.78 is 23.0. The molecule has 148 valence electrons. The summed E-state index contributed by atoms with van der Waals surface area (Å²) in [5.41, 5.74) is 4.21. The molecule has 5 rings (SSSR count). The lowest BCUT2D eigenvalue weighted by molar-refractivity contribution is 0.0672. The molecule has 0 spiro atoms. The maximum Gasteiger partial charge on any atom is 0.159 e. The van der Waals surface area contributed by atoms with Gasteiger partial charge >= 0.3 is 0 Å². The normalized spacial score (nSPS) is 15.2. The molecule has 3 aromatic heterocycles. The highest BCUT2D eigenvalue weighted by Gasteiger charge is 2.22. The van der Waals surface area contributed by atoms with Crippen LogP contribution in [-0.4, -0.2) is 37.8 Å². The van der Waals surface area contributed by atoms with Gasteiger partial charge < -0.3 is 4.74 Å². The Labute approximate surface area is 167 Å². The summed E-state index contributed by atoms with van der Waals surface area (Å²) >= 11 is 0. The Bertz CT molecular complexity index is 1160. The summed E-state index contributed by atoms with van der Waals surface area (Å²) in [6.45, 7) is 3.61. The molecule has 0 saturated carbocycles. The summed E-state index contributed by atoms with van der Waals surface area (Å²) in [4.78, 5) is 4.98. The van der Waals surface area contributed by atoms with Crippen LogP contribution in [0.5, 0.6) is 0 Å². The standard InChI is InChI=1S/C22H22FN5O/c1-2-19-18-6-7-20(25-22(18)28(26-19)16-9-12-29-13-10-16)21-8-11-24-27(21)17-5-3-4-15(23)14-17/h3-8,11,14,16H,2,9-10,12-13H2,1H3. The Kier molecular flexibility index (Phi) is 4.60. The van der Waals surface area contributed by atoms with Crippen LogP contribution in [0, 0.1) is 5.82 Å². The van der Waals surface area contributed by atoms with E-state index in [4.69, 9.17) is 14.8 Å². The van der Waals surface area contributed by atoms with E-state index >= 15 is 0 Å². The molecule has 1 fully saturated rings. The van der Waals surface area contributed by atoms with Crippen molar-refractivity contribution in [3.63, 3.8) is 0 Å². The lowest BCUT2D eigenvalue weighted by Gasteiger charge is -2.22. The van der Waals surface area contributed by atoms with Gasteiger partial charge in [0, 0.05) is 18.6 Å². The summed E-state index contributed by atoms with van der Waals surface area (Å²) in [6.07, 6.45) is 4.44. The molecule has 1 aliphatic heterocycles. The van der Waals surface area contributed by atoms with E-state index < -0.39 is 0 Å². The van der Waals surface area contributed by atoms with Crippen molar-refractivity contribution >= 4 is 11.0 Å². The molecule has 0 aliphatic carbocycles. The molecule has 0 unspecified atom stereocenters. The third-order valence-corrected chi connectivity index (χ3v) is 5.46. The number of ether oxygens (including phenoxy) is 1. The smallest absolute Gasteiger partial charge is 0.159 e. The third-order valence-electron chi connectivity index (χ3n) is 5.46. The Balaban J connectivity index is 1.63. The van der Waals surface area contributed by atoms with Gasteiger partial charge in [-0.2, -0.15) is 10.2 Å². The third kappa shape index (κ3) is 3.21. The highest BCUT2D eigenvalue weighted by Crippen LogP contribution is 2.29. The zero-order valence-corrected chi connectivity index (χ0v) is 16.3. The maximum atomic E-state index is 13.7. The average molecular weight is 391 g/mol. The van der Waals surface area contributed by atoms with Gasteiger partial charge in [0.25, 0.3) is 0 Å². The molecule has 1 aliphatic rings. The molecule has 0 radical (unpaired) electrons. The number of aryl methyl sites for hydroxylation is 1. The molecule has 6 nitrogen and oxygen atoms in total. The number of hydrogen-bond donors (Lipinski definition) is 0. The van der Waals surface area contributed by atoms with E-state index in [1.165, 1.54) is 12.1 Å². The predicted octanol–water partition coefficient (Wildman–Crippen LogP) is 4.34. The summed E-state index contributed by atoms with van der Waals surface area (Å²) in [7, 11) is 0. The molecule has 0 atom stereocenters. The van der Waals surface area contributed by atoms with E-state index in [1.807, 2.05) is 18.2 Å². The largest absolute Gasteiger partial charge is 0.381 e. The van der Waals surface area contributed by atoms with Gasteiger partial charge in [0.05, 0.1) is 35.0 Å². The Morgan fingerprint density at radius 1 is 1.14 bits per heavy atom. The fraction of sp³-hybridized carbons (Fsp3) is 0.318. The van der Waals surface area contributed by atoms with Crippen LogP contribution in [0.25, 0.3) is 28.1 Å². The van der Waals surface area contributed by atoms with Gasteiger partial charge in [-0.1, -0.05) is 13.0 Å². The Morgan fingerprint density at radius 2 is 2.00 bits per heavy atom. The van der Waals surface area contributed by atoms with Crippen molar-refractivity contribution in [1.29, 1.82) is 0 Å². The minimum atomic E-state index is -0.294. The van der Waals surface area contributed by atoms with Crippen molar-refractivity contribution in [2.75, 3.05) is 13.2 Å². The topological polar surface area (TPSA) is 57.8 Å². The zero-order valence-electron chi connectivity index (χ0n) is 16.3. The molecule has 4 aromatic rings. The molecule has 29 heavy (non-hydrogen) atoms. The molecule has 4 heterocycles. The molecule has 1 aromatic carbocycles. The number of nitrogens with zero attached hydrogens (tertiary/aromatic N) is 5. The van der Waals surface area contributed by atoms with Crippen LogP contribution in [-0.2, 0) is 11.2 Å². The number of fused-ring (bicyclic) bond motifs is 1. The van der Waals surface area contributed by atoms with Crippen LogP contribution < -0.4 is 0 Å². The van der Waals surface area contributed by atoms with Crippen LogP contribution in [0.4, 0.5) is 4.39 Å². The summed E-state index contributed by atoms with van der Waals surface area (Å²) in [5.74, 6) is -0.294. The molecular formula is C22H22FN5O. The predicted molar refractivity (Wildman–Crippen MR) is 109 cm³/mol. The van der Waals surface area contributed by atoms with Crippen LogP contribution in [0.3, 0.4) is 0 Å². The molecule has 0 bridgehead atoms. The Morgan fingerprint density at radius 3 is 2.79 bits per heavy atom. The number of aromatic nitrogens is 5. The first kappa shape index (κ1) is 18.0. The van der Waals surface area contributed by atoms with Gasteiger partial charge in [-0.15, -0.1) is 0 Å². The summed E-state index contributed by atoms with van der Waals surface area (Å²) in [5, 5.41) is 10.3. The van der Waals surface area contributed by atoms with Crippen molar-refractivity contribution < 1.29 is 9.13 Å². The number of rotatable bonds is 4. The highest BCUT2D eigenvalue weighted by atomic mass is 19.1. The van der Waals surface area contributed by atoms with Crippen molar-refractivity contribution in [3.8, 4) is 17.1 Å². The monoisotopic (exact) mass is 391 g/mol. The van der Waals surface area contributed by atoms with Gasteiger partial charge in [-0.25, -0.2) is 18.7 Å². The number of halogens is 1. The van der Waals surface area contributed by atoms with Gasteiger partial charge in [-0.3, -0.25) is 0 Å². The van der Waals surface area contributed by atoms with E-state index in [0.717, 1.165) is 60.6 Å². The van der Waals surface area contributed by atoms with Gasteiger partial charge in [-0.05, 0) is 55.7 Å². The minimum absolute atomic E-state index is 0.294. The highest BCUT2D eigenvalue weighted by molar-refractivity contribution is 5.81. The first-order valence-electron chi connectivity index (χ1n) is 10.0. The fourth-order valence-corrected chi connectivity index (χ4v) is 3.98. The first-order chi connectivity index (χ1) is 14.2. The zero-order chi connectivity index (χ0) is 19.8. The number of benzene rings is 1. The lowest BCUT2D eigenvalue weighted by Crippen LogP contribution is -2.21. The summed E-state index contributed by atoms with van der Waals surface area (Å²) in [6, 6.07) is 12.7. The van der Waals surface area contributed by atoms with Crippen molar-refractivity contribution in [1.82, 2.24) is 24.5 Å². The van der Waals surface area contributed by atoms with Crippen molar-refractivity contribution in [2.45, 2.75) is 32.2 Å². The number of hydrogen-bond acceptors (Lipinski definition) is 4. The average Bonchev–Trinajstić information content (AvgIpc) is 3.39. The fourth-order valence-electron chi connectivity index (χ4n) is 3.98. The van der Waals surface area contributed by atoms with Crippen molar-refractivity contribution in [2.24, 2.45) is 0 Å². The minimum Gasteiger partial charge on any atom is -0.381 e. The second-order valence-corrected chi connectivity index (χ2v) is 7.26. The second-order valence-electron chi connectivity index (χ2n) is 7.26. The lowest BCUT2D eigenvalue weighted by atomic mass is 10.1. The molecule has 0 N–H and O–H groups in total. The van der Waals surface area contributed by atoms with E-state index in [2.05, 4.69) is 22.8 Å². The second kappa shape index (κ2) is 7.40. The van der Waals surface area contributed by atoms with Gasteiger partial charge in [0.15, 0.2) is 5.65 Å². The van der Waals surface area contributed by atoms with Crippen LogP contribution in [0.15, 0.2) is 48.7 Å². The van der Waals surface area contributed by atoms with Crippen LogP contribution in [0.1, 0.15) is 31.5 Å². The van der Waals surface area contributed by atoms with Gasteiger partial charge in [0.1, 0.15) is 5.82 Å². The van der Waals surface area contributed by atoms with Crippen LogP contribution >= 0.6 is 0 Å². The first-order valence-corrected chi connectivity index (χ1v) is 10.0. The van der Waals surface area contributed by atoms with Crippen LogP contribution in [0.2, 0.25) is 0 Å². The van der Waals surface area contributed by atoms with E-state index in [9.17, 15) is 4.39 Å². The molecule has 7 heteroatoms. The van der Waals surface area contributed by atoms with E-state index in [-0.39, 0.29) is 5.82 Å². The Hall–Kier alpha value is -3.06. The number of pyridine rings is 1. The van der Waals surface area contributed by atoms with E-state index in [0.29, 0.717) is 11.7 Å². The van der Waals surface area contributed by atoms with E-state index in [1.54, 1.807) is 16.9 Å². The maximum absolute atomic E-state index is 13.7.